The number of hydrogen-bond acceptors (Lipinski definition) is 6. The summed E-state index contributed by atoms with van der Waals surface area (Å²) in [5.41, 5.74) is 0. The van der Waals surface area contributed by atoms with Crippen molar-refractivity contribution in [2.75, 3.05) is 13.2 Å². The highest BCUT2D eigenvalue weighted by molar-refractivity contribution is 5.71. The lowest BCUT2D eigenvalue weighted by molar-refractivity contribution is -0.167. The van der Waals surface area contributed by atoms with Gasteiger partial charge in [-0.15, -0.1) is 0 Å². The molecule has 0 saturated carbocycles. The molecule has 0 aromatic carbocycles. The van der Waals surface area contributed by atoms with E-state index in [0.717, 1.165) is 96.3 Å². The van der Waals surface area contributed by atoms with Gasteiger partial charge in [-0.25, -0.2) is 0 Å². The Hall–Kier alpha value is -2.37. The summed E-state index contributed by atoms with van der Waals surface area (Å²) in [5.74, 6) is -0.869. The van der Waals surface area contributed by atoms with Crippen LogP contribution in [0.3, 0.4) is 0 Å². The van der Waals surface area contributed by atoms with Crippen molar-refractivity contribution in [3.8, 4) is 0 Å². The summed E-state index contributed by atoms with van der Waals surface area (Å²) >= 11 is 0. The highest BCUT2D eigenvalue weighted by Gasteiger charge is 2.19. The molecular formula is C73H136O6. The van der Waals surface area contributed by atoms with Crippen molar-refractivity contribution < 1.29 is 28.6 Å². The Morgan fingerprint density at radius 2 is 0.494 bits per heavy atom. The van der Waals surface area contributed by atoms with Crippen LogP contribution in [-0.4, -0.2) is 37.2 Å². The van der Waals surface area contributed by atoms with Crippen molar-refractivity contribution >= 4 is 17.9 Å². The minimum Gasteiger partial charge on any atom is -0.462 e. The third kappa shape index (κ3) is 66.3. The predicted octanol–water partition coefficient (Wildman–Crippen LogP) is 24.3. The van der Waals surface area contributed by atoms with Crippen LogP contribution in [0.2, 0.25) is 0 Å². The van der Waals surface area contributed by atoms with E-state index in [4.69, 9.17) is 14.2 Å². The summed E-state index contributed by atoms with van der Waals surface area (Å²) < 4.78 is 16.9. The summed E-state index contributed by atoms with van der Waals surface area (Å²) in [5, 5.41) is 0. The van der Waals surface area contributed by atoms with E-state index in [1.54, 1.807) is 0 Å². The van der Waals surface area contributed by atoms with Crippen molar-refractivity contribution in [1.29, 1.82) is 0 Å². The Kier molecular flexibility index (Phi) is 66.1. The van der Waals surface area contributed by atoms with Crippen LogP contribution >= 0.6 is 0 Å². The molecule has 0 amide bonds. The topological polar surface area (TPSA) is 78.9 Å². The van der Waals surface area contributed by atoms with Crippen LogP contribution in [0.5, 0.6) is 0 Å². The van der Waals surface area contributed by atoms with E-state index >= 15 is 0 Å². The molecule has 6 heteroatoms. The smallest absolute Gasteiger partial charge is 0.306 e. The van der Waals surface area contributed by atoms with Gasteiger partial charge in [-0.3, -0.25) is 14.4 Å². The average Bonchev–Trinajstić information content (AvgIpc) is 3.45. The number of hydrogen-bond donors (Lipinski definition) is 0. The molecule has 0 saturated heterocycles. The van der Waals surface area contributed by atoms with Crippen LogP contribution in [-0.2, 0) is 28.6 Å². The van der Waals surface area contributed by atoms with Crippen molar-refractivity contribution in [3.63, 3.8) is 0 Å². The Morgan fingerprint density at radius 3 is 0.772 bits per heavy atom. The maximum atomic E-state index is 12.9. The molecule has 464 valence electrons. The van der Waals surface area contributed by atoms with Gasteiger partial charge in [-0.05, 0) is 51.4 Å². The molecule has 0 N–H and O–H groups in total. The molecule has 0 radical (unpaired) electrons. The summed E-state index contributed by atoms with van der Waals surface area (Å²) in [7, 11) is 0. The SMILES string of the molecule is CC/C=C\C/C=C\C/C=C\CCCCCCCC(=O)OC(COC(=O)CCCCCCCCCCCCC)COC(=O)CCCCCCCCCCCCCCCCCCCCCCCCCCCCCCCCCCCCC. The van der Waals surface area contributed by atoms with E-state index in [0.29, 0.717) is 19.3 Å². The minimum absolute atomic E-state index is 0.0742. The van der Waals surface area contributed by atoms with Crippen LogP contribution in [0, 0.1) is 0 Å². The van der Waals surface area contributed by atoms with E-state index in [1.165, 1.54) is 257 Å². The molecule has 0 aliphatic carbocycles. The lowest BCUT2D eigenvalue weighted by atomic mass is 10.0. The molecule has 6 nitrogen and oxygen atoms in total. The Bertz CT molecular complexity index is 1320. The normalized spacial score (nSPS) is 12.2. The fourth-order valence-corrected chi connectivity index (χ4v) is 10.9. The van der Waals surface area contributed by atoms with Gasteiger partial charge in [0.2, 0.25) is 0 Å². The Balaban J connectivity index is 4.00. The van der Waals surface area contributed by atoms with Crippen LogP contribution < -0.4 is 0 Å². The molecular weight excluding hydrogens is 973 g/mol. The van der Waals surface area contributed by atoms with Crippen LogP contribution in [0.15, 0.2) is 36.5 Å². The molecule has 0 aliphatic heterocycles. The Morgan fingerprint density at radius 1 is 0.266 bits per heavy atom. The van der Waals surface area contributed by atoms with Gasteiger partial charge in [0.05, 0.1) is 0 Å². The molecule has 0 heterocycles. The molecule has 0 fully saturated rings. The van der Waals surface area contributed by atoms with Gasteiger partial charge in [0.15, 0.2) is 6.10 Å². The van der Waals surface area contributed by atoms with Gasteiger partial charge in [-0.2, -0.15) is 0 Å². The highest BCUT2D eigenvalue weighted by atomic mass is 16.6. The van der Waals surface area contributed by atoms with Crippen molar-refractivity contribution in [3.05, 3.63) is 36.5 Å². The first-order valence-electron chi connectivity index (χ1n) is 35.5. The molecule has 0 aliphatic rings. The maximum Gasteiger partial charge on any atom is 0.306 e. The van der Waals surface area contributed by atoms with Crippen LogP contribution in [0.4, 0.5) is 0 Å². The third-order valence-electron chi connectivity index (χ3n) is 16.2. The molecule has 0 bridgehead atoms. The number of unbranched alkanes of at least 4 members (excludes halogenated alkanes) is 49. The quantitative estimate of drug-likeness (QED) is 0.0261. The fraction of sp³-hybridized carbons (Fsp3) is 0.877. The van der Waals surface area contributed by atoms with E-state index in [1.807, 2.05) is 0 Å². The molecule has 0 rings (SSSR count). The summed E-state index contributed by atoms with van der Waals surface area (Å²) in [6.07, 6.45) is 85.0. The molecule has 79 heavy (non-hydrogen) atoms. The van der Waals surface area contributed by atoms with E-state index < -0.39 is 6.10 Å². The number of rotatable bonds is 66. The first-order chi connectivity index (χ1) is 39.0. The van der Waals surface area contributed by atoms with E-state index in [2.05, 4.69) is 57.2 Å². The van der Waals surface area contributed by atoms with Gasteiger partial charge in [0.25, 0.3) is 0 Å². The first-order valence-corrected chi connectivity index (χ1v) is 35.5. The molecule has 1 atom stereocenters. The van der Waals surface area contributed by atoms with Gasteiger partial charge < -0.3 is 14.2 Å². The van der Waals surface area contributed by atoms with Crippen LogP contribution in [0.25, 0.3) is 0 Å². The monoisotopic (exact) mass is 1110 g/mol. The zero-order chi connectivity index (χ0) is 57.1. The molecule has 0 aromatic heterocycles. The van der Waals surface area contributed by atoms with Crippen molar-refractivity contribution in [2.45, 2.75) is 399 Å². The number of esters is 3. The number of allylic oxidation sites excluding steroid dienone is 6. The first kappa shape index (κ1) is 76.6. The van der Waals surface area contributed by atoms with Gasteiger partial charge >= 0.3 is 17.9 Å². The lowest BCUT2D eigenvalue weighted by Gasteiger charge is -2.18. The number of carbonyl (C=O) groups excluding carboxylic acids is 3. The Labute approximate surface area is 493 Å². The van der Waals surface area contributed by atoms with Gasteiger partial charge in [0, 0.05) is 19.3 Å². The summed E-state index contributed by atoms with van der Waals surface area (Å²) in [6, 6.07) is 0. The highest BCUT2D eigenvalue weighted by Crippen LogP contribution is 2.19. The summed E-state index contributed by atoms with van der Waals surface area (Å²) in [4.78, 5) is 38.2. The summed E-state index contributed by atoms with van der Waals surface area (Å²) in [6.45, 7) is 6.57. The van der Waals surface area contributed by atoms with Crippen LogP contribution in [0.1, 0.15) is 393 Å². The minimum atomic E-state index is -0.778. The average molecular weight is 1110 g/mol. The molecule has 1 unspecified atom stereocenters. The maximum absolute atomic E-state index is 12.9. The van der Waals surface area contributed by atoms with Gasteiger partial charge in [0.1, 0.15) is 13.2 Å². The number of ether oxygens (including phenoxy) is 3. The fourth-order valence-electron chi connectivity index (χ4n) is 10.9. The van der Waals surface area contributed by atoms with E-state index in [9.17, 15) is 14.4 Å². The number of carbonyl (C=O) groups is 3. The predicted molar refractivity (Wildman–Crippen MR) is 344 cm³/mol. The second-order valence-corrected chi connectivity index (χ2v) is 24.1. The zero-order valence-electron chi connectivity index (χ0n) is 53.4. The lowest BCUT2D eigenvalue weighted by Crippen LogP contribution is -2.30. The second-order valence-electron chi connectivity index (χ2n) is 24.1. The third-order valence-corrected chi connectivity index (χ3v) is 16.2. The largest absolute Gasteiger partial charge is 0.462 e. The van der Waals surface area contributed by atoms with E-state index in [-0.39, 0.29) is 31.1 Å². The van der Waals surface area contributed by atoms with Crippen molar-refractivity contribution in [2.24, 2.45) is 0 Å². The van der Waals surface area contributed by atoms with Crippen molar-refractivity contribution in [1.82, 2.24) is 0 Å². The molecule has 0 spiro atoms. The standard InChI is InChI=1S/C73H136O6/c1-4-7-10-13-16-19-22-24-26-27-28-29-30-31-32-33-34-35-36-37-38-39-40-41-42-43-44-45-47-48-51-54-57-60-63-66-72(75)78-69-70(68-77-71(74)65-62-59-56-53-50-21-18-15-12-9-6-3)79-73(76)67-64-61-58-55-52-49-46-25-23-20-17-14-11-8-5-2/h8,11,17,20,25,46,70H,4-7,9-10,12-16,18-19,21-24,26-45,47-69H2,1-3H3/b11-8-,20-17-,46-25-. The molecule has 0 aromatic rings. The second kappa shape index (κ2) is 68.1. The van der Waals surface area contributed by atoms with Gasteiger partial charge in [-0.1, -0.05) is 359 Å². The zero-order valence-corrected chi connectivity index (χ0v) is 53.4.